The Kier molecular flexibility index (Phi) is 4.52. The van der Waals surface area contributed by atoms with Gasteiger partial charge < -0.3 is 4.74 Å². The molecule has 124 valence electrons. The number of aryl methyl sites for hydroxylation is 1. The van der Waals surface area contributed by atoms with Crippen LogP contribution in [0.1, 0.15) is 16.7 Å². The normalized spacial score (nSPS) is 15.5. The fraction of sp³-hybridized carbons (Fsp3) is 0.0526. The number of aliphatic imine (C=N–C) groups is 1. The zero-order valence-electron chi connectivity index (χ0n) is 13.4. The maximum atomic E-state index is 11.9. The second-order valence-corrected chi connectivity index (χ2v) is 5.39. The summed E-state index contributed by atoms with van der Waals surface area (Å²) in [6.45, 7) is 1.64. The topological polar surface area (TPSA) is 81.8 Å². The summed E-state index contributed by atoms with van der Waals surface area (Å²) >= 11 is 0. The molecule has 0 N–H and O–H groups in total. The quantitative estimate of drug-likeness (QED) is 0.368. The van der Waals surface area contributed by atoms with Crippen LogP contribution in [0.2, 0.25) is 0 Å². The average Bonchev–Trinajstić information content (AvgIpc) is 2.97. The number of allylic oxidation sites excluding steroid dienone is 2. The highest BCUT2D eigenvalue weighted by molar-refractivity contribution is 6.11. The number of nitrogens with zero attached hydrogens (tertiary/aromatic N) is 2. The minimum absolute atomic E-state index is 0.0438. The van der Waals surface area contributed by atoms with Crippen LogP contribution in [0.5, 0.6) is 0 Å². The number of hydrogen-bond acceptors (Lipinski definition) is 5. The summed E-state index contributed by atoms with van der Waals surface area (Å²) in [6, 6.07) is 14.2. The van der Waals surface area contributed by atoms with Gasteiger partial charge in [0, 0.05) is 17.2 Å². The Labute approximate surface area is 143 Å². The van der Waals surface area contributed by atoms with Crippen molar-refractivity contribution in [2.75, 3.05) is 0 Å². The van der Waals surface area contributed by atoms with E-state index in [-0.39, 0.29) is 17.3 Å². The van der Waals surface area contributed by atoms with E-state index in [0.717, 1.165) is 5.56 Å². The van der Waals surface area contributed by atoms with Crippen LogP contribution >= 0.6 is 0 Å². The molecule has 0 aliphatic carbocycles. The van der Waals surface area contributed by atoms with E-state index < -0.39 is 10.9 Å². The van der Waals surface area contributed by atoms with Gasteiger partial charge in [0.25, 0.3) is 5.69 Å². The van der Waals surface area contributed by atoms with Crippen molar-refractivity contribution in [3.63, 3.8) is 0 Å². The fourth-order valence-corrected chi connectivity index (χ4v) is 2.30. The minimum atomic E-state index is -0.587. The van der Waals surface area contributed by atoms with Gasteiger partial charge in [0.2, 0.25) is 5.90 Å². The molecule has 0 saturated carbocycles. The van der Waals surface area contributed by atoms with E-state index in [1.54, 1.807) is 31.2 Å². The van der Waals surface area contributed by atoms with E-state index in [4.69, 9.17) is 4.74 Å². The third kappa shape index (κ3) is 3.69. The van der Waals surface area contributed by atoms with E-state index in [9.17, 15) is 14.9 Å². The summed E-state index contributed by atoms with van der Waals surface area (Å²) in [5, 5.41) is 11.0. The molecule has 6 nitrogen and oxygen atoms in total. The smallest absolute Gasteiger partial charge is 0.363 e. The van der Waals surface area contributed by atoms with Gasteiger partial charge in [-0.3, -0.25) is 10.1 Å². The molecule has 1 heterocycles. The van der Waals surface area contributed by atoms with Crippen LogP contribution < -0.4 is 0 Å². The third-order valence-electron chi connectivity index (χ3n) is 3.62. The van der Waals surface area contributed by atoms with Gasteiger partial charge in [-0.25, -0.2) is 9.79 Å². The fourth-order valence-electron chi connectivity index (χ4n) is 2.30. The highest BCUT2D eigenvalue weighted by Gasteiger charge is 2.25. The number of rotatable bonds is 4. The molecule has 0 saturated heterocycles. The molecule has 25 heavy (non-hydrogen) atoms. The van der Waals surface area contributed by atoms with E-state index in [1.807, 2.05) is 36.4 Å². The lowest BCUT2D eigenvalue weighted by molar-refractivity contribution is -0.385. The lowest BCUT2D eigenvalue weighted by Gasteiger charge is -2.01. The standard InChI is InChI=1S/C19H14N2O4/c1-13-10-11-15(12-17(13)21(23)24)18-20-16(19(22)25-18)9-5-8-14-6-3-2-4-7-14/h2-12H,1H3/b8-5+,16-9-. The number of esters is 1. The van der Waals surface area contributed by atoms with Crippen molar-refractivity contribution in [2.24, 2.45) is 4.99 Å². The summed E-state index contributed by atoms with van der Waals surface area (Å²) in [4.78, 5) is 26.6. The maximum Gasteiger partial charge on any atom is 0.363 e. The number of nitro groups is 1. The predicted molar refractivity (Wildman–Crippen MR) is 94.0 cm³/mol. The first-order valence-electron chi connectivity index (χ1n) is 7.54. The molecule has 0 radical (unpaired) electrons. The molecule has 0 bridgehead atoms. The van der Waals surface area contributed by atoms with Crippen molar-refractivity contribution in [2.45, 2.75) is 6.92 Å². The van der Waals surface area contributed by atoms with E-state index in [1.165, 1.54) is 6.07 Å². The molecule has 0 atom stereocenters. The molecular formula is C19H14N2O4. The predicted octanol–water partition coefficient (Wildman–Crippen LogP) is 3.80. The minimum Gasteiger partial charge on any atom is -0.402 e. The highest BCUT2D eigenvalue weighted by Crippen LogP contribution is 2.23. The van der Waals surface area contributed by atoms with Gasteiger partial charge in [-0.1, -0.05) is 48.6 Å². The van der Waals surface area contributed by atoms with Crippen LogP contribution in [0, 0.1) is 17.0 Å². The number of nitro benzene ring substituents is 1. The second-order valence-electron chi connectivity index (χ2n) is 5.39. The number of hydrogen-bond donors (Lipinski definition) is 0. The Bertz CT molecular complexity index is 928. The lowest BCUT2D eigenvalue weighted by atomic mass is 10.1. The monoisotopic (exact) mass is 334 g/mol. The van der Waals surface area contributed by atoms with Crippen molar-refractivity contribution < 1.29 is 14.5 Å². The van der Waals surface area contributed by atoms with Crippen molar-refractivity contribution in [1.82, 2.24) is 0 Å². The van der Waals surface area contributed by atoms with Crippen molar-refractivity contribution in [3.8, 4) is 0 Å². The molecule has 6 heteroatoms. The number of carbonyl (C=O) groups is 1. The van der Waals surface area contributed by atoms with Crippen molar-refractivity contribution in [3.05, 3.63) is 93.2 Å². The van der Waals surface area contributed by atoms with Gasteiger partial charge in [0.05, 0.1) is 4.92 Å². The molecule has 0 unspecified atom stereocenters. The lowest BCUT2D eigenvalue weighted by Crippen LogP contribution is -2.06. The van der Waals surface area contributed by atoms with Crippen LogP contribution in [0.4, 0.5) is 5.69 Å². The summed E-state index contributed by atoms with van der Waals surface area (Å²) in [5.41, 5.74) is 2.01. The molecule has 2 aromatic carbocycles. The van der Waals surface area contributed by atoms with Crippen LogP contribution in [-0.2, 0) is 9.53 Å². The first-order chi connectivity index (χ1) is 12.0. The zero-order valence-corrected chi connectivity index (χ0v) is 13.4. The number of ether oxygens (including phenoxy) is 1. The molecule has 3 rings (SSSR count). The molecule has 1 aliphatic rings. The Balaban J connectivity index is 1.85. The second kappa shape index (κ2) is 6.92. The Morgan fingerprint density at radius 2 is 1.92 bits per heavy atom. The van der Waals surface area contributed by atoms with Gasteiger partial charge in [-0.15, -0.1) is 0 Å². The first-order valence-corrected chi connectivity index (χ1v) is 7.54. The number of benzene rings is 2. The van der Waals surface area contributed by atoms with Crippen LogP contribution in [-0.4, -0.2) is 16.8 Å². The van der Waals surface area contributed by atoms with Gasteiger partial charge in [0.1, 0.15) is 0 Å². The van der Waals surface area contributed by atoms with E-state index in [0.29, 0.717) is 11.1 Å². The largest absolute Gasteiger partial charge is 0.402 e. The Morgan fingerprint density at radius 1 is 1.16 bits per heavy atom. The molecule has 2 aromatic rings. The van der Waals surface area contributed by atoms with Gasteiger partial charge in [-0.2, -0.15) is 0 Å². The van der Waals surface area contributed by atoms with Gasteiger partial charge >= 0.3 is 5.97 Å². The third-order valence-corrected chi connectivity index (χ3v) is 3.62. The first kappa shape index (κ1) is 16.3. The molecule has 0 amide bonds. The highest BCUT2D eigenvalue weighted by atomic mass is 16.6. The summed E-state index contributed by atoms with van der Waals surface area (Å²) in [6.07, 6.45) is 5.09. The van der Waals surface area contributed by atoms with Crippen LogP contribution in [0.25, 0.3) is 6.08 Å². The number of carbonyl (C=O) groups excluding carboxylic acids is 1. The Hall–Kier alpha value is -3.54. The molecule has 0 aromatic heterocycles. The molecular weight excluding hydrogens is 320 g/mol. The van der Waals surface area contributed by atoms with Crippen LogP contribution in [0.15, 0.2) is 71.4 Å². The molecule has 0 fully saturated rings. The number of cyclic esters (lactones) is 1. The summed E-state index contributed by atoms with van der Waals surface area (Å²) in [5.74, 6) is -0.525. The van der Waals surface area contributed by atoms with Gasteiger partial charge in [-0.05, 0) is 24.6 Å². The SMILES string of the molecule is Cc1ccc(C2=N/C(=C\C=C\c3ccccc3)C(=O)O2)cc1[N+](=O)[O-]. The Morgan fingerprint density at radius 3 is 2.64 bits per heavy atom. The summed E-state index contributed by atoms with van der Waals surface area (Å²) in [7, 11) is 0. The molecule has 0 spiro atoms. The summed E-state index contributed by atoms with van der Waals surface area (Å²) < 4.78 is 5.12. The van der Waals surface area contributed by atoms with Crippen molar-refractivity contribution >= 4 is 23.6 Å². The van der Waals surface area contributed by atoms with E-state index >= 15 is 0 Å². The zero-order chi connectivity index (χ0) is 17.8. The maximum absolute atomic E-state index is 11.9. The average molecular weight is 334 g/mol. The van der Waals surface area contributed by atoms with E-state index in [2.05, 4.69) is 4.99 Å². The molecule has 1 aliphatic heterocycles. The van der Waals surface area contributed by atoms with Crippen LogP contribution in [0.3, 0.4) is 0 Å². The van der Waals surface area contributed by atoms with Crippen molar-refractivity contribution in [1.29, 1.82) is 0 Å². The van der Waals surface area contributed by atoms with Gasteiger partial charge in [0.15, 0.2) is 5.70 Å².